The van der Waals surface area contributed by atoms with E-state index in [-0.39, 0.29) is 25.7 Å². The number of rotatable bonds is 83. The maximum absolute atomic E-state index is 13.1. The van der Waals surface area contributed by atoms with Crippen LogP contribution in [-0.2, 0) is 65.4 Å². The predicted octanol–water partition coefficient (Wildman–Crippen LogP) is 25.5. The highest BCUT2D eigenvalue weighted by Crippen LogP contribution is 2.45. The number of esters is 4. The van der Waals surface area contributed by atoms with Gasteiger partial charge in [0, 0.05) is 25.7 Å². The van der Waals surface area contributed by atoms with Gasteiger partial charge in [0.05, 0.1) is 26.4 Å². The number of phosphoric acid groups is 2. The van der Waals surface area contributed by atoms with Crippen LogP contribution in [0.25, 0.3) is 0 Å². The standard InChI is InChI=1S/C84H164O17P2/c1-7-9-11-13-15-17-19-21-22-23-24-25-26-27-28-31-35-39-43-51-57-63-69-84(89)100-79(72-94-81(86)66-60-54-48-41-38-34-32-29-30-33-36-40-46-52-58-64-76(3)4)74-98-102(90,91)96-70-78(85)71-97-103(92,93)99-75-80(73-95-82(87)67-61-55-49-45-44-47-53-59-65-77(5)6)101-83(88)68-62-56-50-42-37-20-18-16-14-12-10-8-2/h76-80,85H,7-75H2,1-6H3,(H,90,91)(H,92,93)/t78-,79-,80-/m1/s1. The average Bonchev–Trinajstić information content (AvgIpc) is 0.965. The fourth-order valence-corrected chi connectivity index (χ4v) is 14.6. The van der Waals surface area contributed by atoms with Gasteiger partial charge in [-0.05, 0) is 37.5 Å². The van der Waals surface area contributed by atoms with Crippen LogP contribution >= 0.6 is 15.6 Å². The Morgan fingerprint density at radius 1 is 0.262 bits per heavy atom. The summed E-state index contributed by atoms with van der Waals surface area (Å²) in [5.74, 6) is -0.573. The fourth-order valence-electron chi connectivity index (χ4n) is 13.1. The third-order valence-corrected chi connectivity index (χ3v) is 21.6. The second-order valence-electron chi connectivity index (χ2n) is 31.2. The molecule has 0 aliphatic heterocycles. The lowest BCUT2D eigenvalue weighted by Crippen LogP contribution is -2.30. The number of phosphoric ester groups is 2. The molecule has 5 atom stereocenters. The van der Waals surface area contributed by atoms with Crippen molar-refractivity contribution in [2.24, 2.45) is 11.8 Å². The van der Waals surface area contributed by atoms with Crippen LogP contribution in [0.2, 0.25) is 0 Å². The number of hydrogen-bond donors (Lipinski definition) is 3. The summed E-state index contributed by atoms with van der Waals surface area (Å²) in [6, 6.07) is 0. The highest BCUT2D eigenvalue weighted by Gasteiger charge is 2.30. The van der Waals surface area contributed by atoms with E-state index in [0.29, 0.717) is 25.7 Å². The summed E-state index contributed by atoms with van der Waals surface area (Å²) in [6.07, 6.45) is 66.8. The van der Waals surface area contributed by atoms with E-state index < -0.39 is 97.5 Å². The van der Waals surface area contributed by atoms with Gasteiger partial charge >= 0.3 is 39.5 Å². The van der Waals surface area contributed by atoms with Gasteiger partial charge in [0.15, 0.2) is 12.2 Å². The molecule has 2 unspecified atom stereocenters. The lowest BCUT2D eigenvalue weighted by atomic mass is 10.0. The zero-order chi connectivity index (χ0) is 75.6. The molecule has 0 aromatic heterocycles. The van der Waals surface area contributed by atoms with Crippen molar-refractivity contribution < 1.29 is 80.2 Å². The van der Waals surface area contributed by atoms with E-state index in [1.807, 2.05) is 0 Å². The first-order valence-corrected chi connectivity index (χ1v) is 46.5. The lowest BCUT2D eigenvalue weighted by Gasteiger charge is -2.21. The molecule has 0 radical (unpaired) electrons. The number of unbranched alkanes of at least 4 members (excludes halogenated alkanes) is 53. The Balaban J connectivity index is 5.21. The first-order chi connectivity index (χ1) is 49.9. The topological polar surface area (TPSA) is 237 Å². The zero-order valence-electron chi connectivity index (χ0n) is 67.6. The van der Waals surface area contributed by atoms with Crippen molar-refractivity contribution in [2.45, 2.75) is 464 Å². The molecule has 0 spiro atoms. The SMILES string of the molecule is CCCCCCCCCCCCCCCCCCCCCCCCC(=O)O[C@H](COC(=O)CCCCCCCCCCCCCCCCCC(C)C)COP(=O)(O)OC[C@@H](O)COP(=O)(O)OC[C@@H](COC(=O)CCCCCCCCCCC(C)C)OC(=O)CCCCCCCCCCCCCC. The van der Waals surface area contributed by atoms with Gasteiger partial charge in [-0.2, -0.15) is 0 Å². The van der Waals surface area contributed by atoms with Crippen molar-refractivity contribution in [3.05, 3.63) is 0 Å². The number of ether oxygens (including phenoxy) is 4. The number of carbonyl (C=O) groups excluding carboxylic acids is 4. The molecule has 0 rings (SSSR count). The number of hydrogen-bond acceptors (Lipinski definition) is 15. The molecule has 0 aliphatic carbocycles. The molecule has 0 amide bonds. The molecule has 0 saturated carbocycles. The van der Waals surface area contributed by atoms with Crippen LogP contribution < -0.4 is 0 Å². The maximum Gasteiger partial charge on any atom is 0.472 e. The van der Waals surface area contributed by atoms with Gasteiger partial charge in [0.25, 0.3) is 0 Å². The minimum absolute atomic E-state index is 0.107. The Hall–Kier alpha value is -1.94. The monoisotopic (exact) mass is 1510 g/mol. The predicted molar refractivity (Wildman–Crippen MR) is 423 cm³/mol. The molecule has 612 valence electrons. The van der Waals surface area contributed by atoms with E-state index in [1.54, 1.807) is 0 Å². The van der Waals surface area contributed by atoms with E-state index in [4.69, 9.17) is 37.0 Å². The normalized spacial score (nSPS) is 13.9. The minimum Gasteiger partial charge on any atom is -0.462 e. The van der Waals surface area contributed by atoms with Gasteiger partial charge in [-0.3, -0.25) is 37.3 Å². The molecular formula is C84H164O17P2. The van der Waals surface area contributed by atoms with Crippen molar-refractivity contribution in [2.75, 3.05) is 39.6 Å². The smallest absolute Gasteiger partial charge is 0.462 e. The Bertz CT molecular complexity index is 1980. The number of carbonyl (C=O) groups is 4. The van der Waals surface area contributed by atoms with E-state index in [1.165, 1.54) is 263 Å². The van der Waals surface area contributed by atoms with Crippen LogP contribution in [0, 0.1) is 11.8 Å². The van der Waals surface area contributed by atoms with E-state index in [9.17, 15) is 43.2 Å². The average molecular weight is 1510 g/mol. The van der Waals surface area contributed by atoms with E-state index >= 15 is 0 Å². The van der Waals surface area contributed by atoms with Crippen molar-refractivity contribution in [1.29, 1.82) is 0 Å². The van der Waals surface area contributed by atoms with Gasteiger partial charge in [0.2, 0.25) is 0 Å². The zero-order valence-corrected chi connectivity index (χ0v) is 69.4. The van der Waals surface area contributed by atoms with Gasteiger partial charge in [-0.1, -0.05) is 395 Å². The van der Waals surface area contributed by atoms with Crippen molar-refractivity contribution in [3.63, 3.8) is 0 Å². The molecule has 0 heterocycles. The Kier molecular flexibility index (Phi) is 74.1. The summed E-state index contributed by atoms with van der Waals surface area (Å²) in [5.41, 5.74) is 0. The molecule has 3 N–H and O–H groups in total. The second-order valence-corrected chi connectivity index (χ2v) is 34.1. The molecule has 0 fully saturated rings. The highest BCUT2D eigenvalue weighted by atomic mass is 31.2. The summed E-state index contributed by atoms with van der Waals surface area (Å²) >= 11 is 0. The van der Waals surface area contributed by atoms with Crippen molar-refractivity contribution in [3.8, 4) is 0 Å². The van der Waals surface area contributed by atoms with E-state index in [0.717, 1.165) is 102 Å². The third-order valence-electron chi connectivity index (χ3n) is 19.7. The molecule has 103 heavy (non-hydrogen) atoms. The Labute approximate surface area is 632 Å². The summed E-state index contributed by atoms with van der Waals surface area (Å²) in [6.45, 7) is 9.64. The highest BCUT2D eigenvalue weighted by molar-refractivity contribution is 7.47. The lowest BCUT2D eigenvalue weighted by molar-refractivity contribution is -0.161. The van der Waals surface area contributed by atoms with Gasteiger partial charge in [0.1, 0.15) is 19.3 Å². The van der Waals surface area contributed by atoms with Crippen LogP contribution in [0.15, 0.2) is 0 Å². The first kappa shape index (κ1) is 101. The maximum atomic E-state index is 13.1. The molecular weight excluding hydrogens is 1340 g/mol. The summed E-state index contributed by atoms with van der Waals surface area (Å²) in [5, 5.41) is 10.7. The van der Waals surface area contributed by atoms with Crippen LogP contribution in [-0.4, -0.2) is 96.7 Å². The third kappa shape index (κ3) is 78.0. The quantitative estimate of drug-likeness (QED) is 0.0222. The molecule has 17 nitrogen and oxygen atoms in total. The summed E-state index contributed by atoms with van der Waals surface area (Å²) in [7, 11) is -9.92. The molecule has 0 aromatic carbocycles. The van der Waals surface area contributed by atoms with Crippen LogP contribution in [0.5, 0.6) is 0 Å². The first-order valence-electron chi connectivity index (χ1n) is 43.5. The molecule has 0 bridgehead atoms. The summed E-state index contributed by atoms with van der Waals surface area (Å²) in [4.78, 5) is 73.1. The van der Waals surface area contributed by atoms with Gasteiger partial charge in [-0.15, -0.1) is 0 Å². The molecule has 0 saturated heterocycles. The van der Waals surface area contributed by atoms with E-state index in [2.05, 4.69) is 41.5 Å². The van der Waals surface area contributed by atoms with Crippen LogP contribution in [0.4, 0.5) is 0 Å². The number of aliphatic hydroxyl groups excluding tert-OH is 1. The fraction of sp³-hybridized carbons (Fsp3) is 0.952. The Morgan fingerprint density at radius 2 is 0.447 bits per heavy atom. The largest absolute Gasteiger partial charge is 0.472 e. The molecule has 19 heteroatoms. The second kappa shape index (κ2) is 75.5. The Morgan fingerprint density at radius 3 is 0.660 bits per heavy atom. The van der Waals surface area contributed by atoms with Crippen LogP contribution in [0.1, 0.15) is 446 Å². The van der Waals surface area contributed by atoms with Crippen molar-refractivity contribution >= 4 is 39.5 Å². The number of aliphatic hydroxyl groups is 1. The van der Waals surface area contributed by atoms with Crippen molar-refractivity contribution in [1.82, 2.24) is 0 Å². The van der Waals surface area contributed by atoms with Crippen LogP contribution in [0.3, 0.4) is 0 Å². The van der Waals surface area contributed by atoms with Gasteiger partial charge < -0.3 is 33.8 Å². The molecule has 0 aliphatic rings. The summed E-state index contributed by atoms with van der Waals surface area (Å²) < 4.78 is 68.8. The minimum atomic E-state index is -4.96. The molecule has 0 aromatic rings. The van der Waals surface area contributed by atoms with Gasteiger partial charge in [-0.25, -0.2) is 9.13 Å².